The minimum atomic E-state index is -0.263. The van der Waals surface area contributed by atoms with Crippen molar-refractivity contribution < 1.29 is 14.9 Å². The van der Waals surface area contributed by atoms with Crippen LogP contribution in [-0.2, 0) is 4.79 Å². The summed E-state index contributed by atoms with van der Waals surface area (Å²) >= 11 is 0. The smallest absolute Gasteiger partial charge is 0.324 e. The number of nitrogens with one attached hydrogen (secondary N) is 1. The van der Waals surface area contributed by atoms with Crippen LogP contribution < -0.4 is 10.6 Å². The Kier molecular flexibility index (Phi) is 6.30. The van der Waals surface area contributed by atoms with E-state index in [1.54, 1.807) is 0 Å². The monoisotopic (exact) mass is 358 g/mol. The highest BCUT2D eigenvalue weighted by atomic mass is 16.2. The minimum Gasteiger partial charge on any atom is -0.336 e. The second kappa shape index (κ2) is 8.67. The molecule has 1 aromatic rings. The summed E-state index contributed by atoms with van der Waals surface area (Å²) in [6.45, 7) is 5.71. The zero-order valence-corrected chi connectivity index (χ0v) is 16.0. The largest absolute Gasteiger partial charge is 0.336 e. The Bertz CT molecular complexity index is 621. The number of hydrogen-bond donors (Lipinski definition) is 2. The third-order valence-corrected chi connectivity index (χ3v) is 5.82. The maximum absolute atomic E-state index is 12.3. The fourth-order valence-corrected chi connectivity index (χ4v) is 4.27. The molecule has 3 N–H and O–H groups in total. The number of nitrogens with zero attached hydrogens (tertiary/aromatic N) is 1. The number of quaternary nitrogens is 1. The molecule has 3 amide bonds. The van der Waals surface area contributed by atoms with Gasteiger partial charge < -0.3 is 10.6 Å². The molecule has 2 fully saturated rings. The van der Waals surface area contributed by atoms with Gasteiger partial charge in [-0.1, -0.05) is 57.4 Å². The molecule has 5 heteroatoms. The van der Waals surface area contributed by atoms with Crippen LogP contribution in [0.2, 0.25) is 0 Å². The molecule has 1 heterocycles. The van der Waals surface area contributed by atoms with Gasteiger partial charge in [-0.15, -0.1) is 0 Å². The Morgan fingerprint density at radius 1 is 1.19 bits per heavy atom. The van der Waals surface area contributed by atoms with Crippen molar-refractivity contribution in [2.45, 2.75) is 57.9 Å². The molecule has 0 spiro atoms. The van der Waals surface area contributed by atoms with Crippen LogP contribution in [-0.4, -0.2) is 36.5 Å². The summed E-state index contributed by atoms with van der Waals surface area (Å²) in [7, 11) is 0. The molecule has 1 atom stereocenters. The van der Waals surface area contributed by atoms with E-state index in [0.717, 1.165) is 5.92 Å². The zero-order valence-electron chi connectivity index (χ0n) is 16.0. The van der Waals surface area contributed by atoms with Gasteiger partial charge in [0.05, 0.1) is 0 Å². The summed E-state index contributed by atoms with van der Waals surface area (Å²) in [6, 6.07) is 9.00. The number of urea groups is 1. The third-order valence-electron chi connectivity index (χ3n) is 5.82. The van der Waals surface area contributed by atoms with Crippen LogP contribution in [0.15, 0.2) is 24.3 Å². The second-order valence-electron chi connectivity index (χ2n) is 7.99. The van der Waals surface area contributed by atoms with Crippen molar-refractivity contribution >= 4 is 11.9 Å². The topological polar surface area (TPSA) is 66.0 Å². The standard InChI is InChI=1S/C21H31N3O2/c1-15(2)20(23-14-19(25)24-13-12-22-21(24)26)18-10-8-17(9-11-18)16-6-4-3-5-7-16/h8-11,15-16,20,23H,3-7,12-14H2,1-2H3,(H,22,26)/p+1/t20-/m1/s1. The van der Waals surface area contributed by atoms with Crippen molar-refractivity contribution in [2.24, 2.45) is 5.92 Å². The molecule has 2 aliphatic rings. The van der Waals surface area contributed by atoms with Crippen LogP contribution in [0, 0.1) is 5.92 Å². The molecule has 1 saturated carbocycles. The molecule has 0 bridgehead atoms. The van der Waals surface area contributed by atoms with E-state index in [9.17, 15) is 9.59 Å². The Balaban J connectivity index is 1.61. The van der Waals surface area contributed by atoms with Crippen LogP contribution in [0.1, 0.15) is 69.0 Å². The average Bonchev–Trinajstić information content (AvgIpc) is 3.09. The minimum absolute atomic E-state index is 0.107. The van der Waals surface area contributed by atoms with Crippen molar-refractivity contribution in [3.05, 3.63) is 35.4 Å². The fourth-order valence-electron chi connectivity index (χ4n) is 4.27. The molecule has 1 aliphatic heterocycles. The number of amides is 3. The molecular formula is C21H32N3O2+. The van der Waals surface area contributed by atoms with E-state index in [2.05, 4.69) is 48.7 Å². The van der Waals surface area contributed by atoms with Crippen molar-refractivity contribution in [1.29, 1.82) is 0 Å². The van der Waals surface area contributed by atoms with E-state index in [1.165, 1.54) is 48.1 Å². The predicted molar refractivity (Wildman–Crippen MR) is 102 cm³/mol. The third kappa shape index (κ3) is 4.44. The van der Waals surface area contributed by atoms with Gasteiger partial charge in [0.15, 0.2) is 6.54 Å². The Morgan fingerprint density at radius 2 is 1.88 bits per heavy atom. The van der Waals surface area contributed by atoms with Gasteiger partial charge in [-0.25, -0.2) is 4.79 Å². The van der Waals surface area contributed by atoms with Crippen molar-refractivity contribution in [2.75, 3.05) is 19.6 Å². The lowest BCUT2D eigenvalue weighted by Gasteiger charge is -2.24. The summed E-state index contributed by atoms with van der Waals surface area (Å²) in [5, 5.41) is 4.76. The molecule has 1 aromatic carbocycles. The molecule has 1 aliphatic carbocycles. The number of carbonyl (C=O) groups is 2. The summed E-state index contributed by atoms with van der Waals surface area (Å²) < 4.78 is 0. The Labute approximate surface area is 156 Å². The first-order chi connectivity index (χ1) is 12.6. The van der Waals surface area contributed by atoms with Crippen LogP contribution in [0.25, 0.3) is 0 Å². The number of imide groups is 1. The Morgan fingerprint density at radius 3 is 2.46 bits per heavy atom. The summed E-state index contributed by atoms with van der Waals surface area (Å²) in [4.78, 5) is 25.3. The number of benzene rings is 1. The van der Waals surface area contributed by atoms with Crippen LogP contribution in [0.4, 0.5) is 4.79 Å². The molecular weight excluding hydrogens is 326 g/mol. The SMILES string of the molecule is CC(C)[C@@H]([NH2+]CC(=O)N1CCNC1=O)c1ccc(C2CCCCC2)cc1. The number of hydrogen-bond acceptors (Lipinski definition) is 2. The van der Waals surface area contributed by atoms with E-state index < -0.39 is 0 Å². The summed E-state index contributed by atoms with van der Waals surface area (Å²) in [5.41, 5.74) is 2.72. The van der Waals surface area contributed by atoms with Crippen molar-refractivity contribution in [1.82, 2.24) is 10.2 Å². The maximum atomic E-state index is 12.3. The number of nitrogens with two attached hydrogens (primary N) is 1. The normalized spacial score (nSPS) is 19.7. The summed E-state index contributed by atoms with van der Waals surface area (Å²) in [6.07, 6.45) is 6.70. The van der Waals surface area contributed by atoms with Gasteiger partial charge in [0, 0.05) is 24.6 Å². The predicted octanol–water partition coefficient (Wildman–Crippen LogP) is 2.55. The van der Waals surface area contributed by atoms with E-state index in [4.69, 9.17) is 0 Å². The average molecular weight is 359 g/mol. The van der Waals surface area contributed by atoms with Gasteiger partial charge in [-0.05, 0) is 24.3 Å². The van der Waals surface area contributed by atoms with Gasteiger partial charge >= 0.3 is 6.03 Å². The van der Waals surface area contributed by atoms with E-state index in [-0.39, 0.29) is 18.0 Å². The first-order valence-corrected chi connectivity index (χ1v) is 10.1. The number of rotatable bonds is 6. The highest BCUT2D eigenvalue weighted by Crippen LogP contribution is 2.33. The summed E-state index contributed by atoms with van der Waals surface area (Å²) in [5.74, 6) is 1.02. The van der Waals surface area contributed by atoms with Gasteiger partial charge in [-0.3, -0.25) is 9.69 Å². The molecule has 1 saturated heterocycles. The van der Waals surface area contributed by atoms with Crippen molar-refractivity contribution in [3.63, 3.8) is 0 Å². The van der Waals surface area contributed by atoms with Crippen molar-refractivity contribution in [3.8, 4) is 0 Å². The molecule has 3 rings (SSSR count). The highest BCUT2D eigenvalue weighted by molar-refractivity contribution is 5.96. The molecule has 0 unspecified atom stereocenters. The molecule has 5 nitrogen and oxygen atoms in total. The highest BCUT2D eigenvalue weighted by Gasteiger charge is 2.29. The lowest BCUT2D eigenvalue weighted by atomic mass is 9.83. The zero-order chi connectivity index (χ0) is 18.5. The lowest BCUT2D eigenvalue weighted by Crippen LogP contribution is -2.88. The quantitative estimate of drug-likeness (QED) is 0.821. The molecule has 0 radical (unpaired) electrons. The van der Waals surface area contributed by atoms with Gasteiger partial charge in [0.1, 0.15) is 6.04 Å². The molecule has 26 heavy (non-hydrogen) atoms. The van der Waals surface area contributed by atoms with Crippen LogP contribution in [0.3, 0.4) is 0 Å². The van der Waals surface area contributed by atoms with Gasteiger partial charge in [0.2, 0.25) is 0 Å². The van der Waals surface area contributed by atoms with E-state index in [1.807, 2.05) is 0 Å². The second-order valence-corrected chi connectivity index (χ2v) is 7.99. The first kappa shape index (κ1) is 18.9. The fraction of sp³-hybridized carbons (Fsp3) is 0.619. The van der Waals surface area contributed by atoms with Gasteiger partial charge in [0.25, 0.3) is 5.91 Å². The molecule has 142 valence electrons. The number of carbonyl (C=O) groups excluding carboxylic acids is 2. The van der Waals surface area contributed by atoms with E-state index >= 15 is 0 Å². The molecule has 0 aromatic heterocycles. The maximum Gasteiger partial charge on any atom is 0.324 e. The Hall–Kier alpha value is -1.88. The van der Waals surface area contributed by atoms with Crippen LogP contribution in [0.5, 0.6) is 0 Å². The lowest BCUT2D eigenvalue weighted by molar-refractivity contribution is -0.692. The van der Waals surface area contributed by atoms with Gasteiger partial charge in [-0.2, -0.15) is 0 Å². The first-order valence-electron chi connectivity index (χ1n) is 10.1. The van der Waals surface area contributed by atoms with Crippen LogP contribution >= 0.6 is 0 Å². The van der Waals surface area contributed by atoms with E-state index in [0.29, 0.717) is 25.6 Å².